The van der Waals surface area contributed by atoms with Crippen molar-refractivity contribution in [2.75, 3.05) is 12.4 Å². The molecule has 0 unspecified atom stereocenters. The van der Waals surface area contributed by atoms with Crippen molar-refractivity contribution in [3.63, 3.8) is 0 Å². The quantitative estimate of drug-likeness (QED) is 0.675. The van der Waals surface area contributed by atoms with Crippen molar-refractivity contribution in [3.8, 4) is 11.1 Å². The van der Waals surface area contributed by atoms with E-state index in [4.69, 9.17) is 11.6 Å². The molecule has 0 aromatic heterocycles. The summed E-state index contributed by atoms with van der Waals surface area (Å²) in [5.41, 5.74) is 2.48. The van der Waals surface area contributed by atoms with Gasteiger partial charge >= 0.3 is 0 Å². The molecule has 0 bridgehead atoms. The molecule has 3 rings (SSSR count). The fourth-order valence-corrected chi connectivity index (χ4v) is 3.57. The average Bonchev–Trinajstić information content (AvgIpc) is 2.69. The van der Waals surface area contributed by atoms with Crippen LogP contribution in [0, 0.1) is 0 Å². The normalized spacial score (nSPS) is 11.2. The second kappa shape index (κ2) is 7.92. The number of benzene rings is 3. The molecular weight excluding hydrogens is 384 g/mol. The van der Waals surface area contributed by atoms with Crippen LogP contribution in [-0.2, 0) is 10.0 Å². The topological polar surface area (TPSA) is 75.3 Å². The highest BCUT2D eigenvalue weighted by Crippen LogP contribution is 2.29. The van der Waals surface area contributed by atoms with Crippen LogP contribution in [0.15, 0.2) is 77.7 Å². The Kier molecular flexibility index (Phi) is 5.60. The number of para-hydroxylation sites is 1. The van der Waals surface area contributed by atoms with Gasteiger partial charge in [0.15, 0.2) is 0 Å². The fraction of sp³-hybridized carbons (Fsp3) is 0.0500. The van der Waals surface area contributed by atoms with Gasteiger partial charge in [0.05, 0.1) is 15.5 Å². The Morgan fingerprint density at radius 1 is 0.926 bits per heavy atom. The van der Waals surface area contributed by atoms with E-state index < -0.39 is 15.9 Å². The van der Waals surface area contributed by atoms with Crippen molar-refractivity contribution in [1.82, 2.24) is 4.72 Å². The standard InChI is InChI=1S/C20H17ClN2O3S/c1-22-27(25,26)15-11-12-18(21)17(13-15)20(24)23-19-10-6-5-9-16(19)14-7-3-2-4-8-14/h2-13,22H,1H3,(H,23,24). The Labute approximate surface area is 163 Å². The van der Waals surface area contributed by atoms with Gasteiger partial charge in [0.25, 0.3) is 5.91 Å². The first-order chi connectivity index (χ1) is 12.9. The third-order valence-corrected chi connectivity index (χ3v) is 5.76. The van der Waals surface area contributed by atoms with Gasteiger partial charge in [-0.2, -0.15) is 0 Å². The molecule has 27 heavy (non-hydrogen) atoms. The molecule has 0 radical (unpaired) electrons. The van der Waals surface area contributed by atoms with E-state index in [1.54, 1.807) is 6.07 Å². The first-order valence-electron chi connectivity index (χ1n) is 8.11. The molecule has 3 aromatic rings. The van der Waals surface area contributed by atoms with E-state index in [1.807, 2.05) is 48.5 Å². The Balaban J connectivity index is 1.97. The maximum atomic E-state index is 12.8. The van der Waals surface area contributed by atoms with E-state index in [9.17, 15) is 13.2 Å². The maximum absolute atomic E-state index is 12.8. The van der Waals surface area contributed by atoms with Gasteiger partial charge in [0.2, 0.25) is 10.0 Å². The van der Waals surface area contributed by atoms with Gasteiger partial charge in [-0.05, 0) is 36.9 Å². The van der Waals surface area contributed by atoms with Gasteiger partial charge in [-0.3, -0.25) is 4.79 Å². The highest BCUT2D eigenvalue weighted by molar-refractivity contribution is 7.89. The van der Waals surface area contributed by atoms with Crippen LogP contribution in [0.3, 0.4) is 0 Å². The van der Waals surface area contributed by atoms with Crippen LogP contribution < -0.4 is 10.0 Å². The summed E-state index contributed by atoms with van der Waals surface area (Å²) in [4.78, 5) is 12.7. The minimum atomic E-state index is -3.68. The van der Waals surface area contributed by atoms with Crippen LogP contribution in [-0.4, -0.2) is 21.4 Å². The minimum absolute atomic E-state index is 0.0316. The molecule has 5 nitrogen and oxygen atoms in total. The molecule has 3 aromatic carbocycles. The van der Waals surface area contributed by atoms with Gasteiger partial charge in [0, 0.05) is 11.3 Å². The van der Waals surface area contributed by atoms with Crippen LogP contribution >= 0.6 is 11.6 Å². The molecule has 0 aliphatic rings. The monoisotopic (exact) mass is 400 g/mol. The SMILES string of the molecule is CNS(=O)(=O)c1ccc(Cl)c(C(=O)Nc2ccccc2-c2ccccc2)c1. The van der Waals surface area contributed by atoms with Crippen molar-refractivity contribution in [1.29, 1.82) is 0 Å². The molecule has 1 amide bonds. The number of carbonyl (C=O) groups is 1. The molecule has 0 saturated carbocycles. The second-order valence-corrected chi connectivity index (χ2v) is 8.01. The van der Waals surface area contributed by atoms with Crippen molar-refractivity contribution < 1.29 is 13.2 Å². The van der Waals surface area contributed by atoms with Gasteiger partial charge in [-0.1, -0.05) is 60.1 Å². The number of hydrogen-bond acceptors (Lipinski definition) is 3. The summed E-state index contributed by atoms with van der Waals surface area (Å²) < 4.78 is 26.2. The predicted octanol–water partition coefficient (Wildman–Crippen LogP) is 4.17. The predicted molar refractivity (Wildman–Crippen MR) is 108 cm³/mol. The number of hydrogen-bond donors (Lipinski definition) is 2. The maximum Gasteiger partial charge on any atom is 0.257 e. The number of sulfonamides is 1. The van der Waals surface area contributed by atoms with E-state index in [0.717, 1.165) is 11.1 Å². The summed E-state index contributed by atoms with van der Waals surface area (Å²) in [6.45, 7) is 0. The zero-order chi connectivity index (χ0) is 19.4. The zero-order valence-electron chi connectivity index (χ0n) is 14.4. The number of rotatable bonds is 5. The van der Waals surface area contributed by atoms with Crippen molar-refractivity contribution >= 4 is 33.2 Å². The number of amides is 1. The molecule has 0 aliphatic carbocycles. The van der Waals surface area contributed by atoms with Crippen molar-refractivity contribution in [2.45, 2.75) is 4.90 Å². The van der Waals surface area contributed by atoms with Crippen LogP contribution in [0.25, 0.3) is 11.1 Å². The van der Waals surface area contributed by atoms with Gasteiger partial charge in [-0.25, -0.2) is 13.1 Å². The Morgan fingerprint density at radius 2 is 1.59 bits per heavy atom. The Hall–Kier alpha value is -2.67. The summed E-state index contributed by atoms with van der Waals surface area (Å²) in [6, 6.07) is 21.0. The van der Waals surface area contributed by atoms with Crippen LogP contribution in [0.1, 0.15) is 10.4 Å². The lowest BCUT2D eigenvalue weighted by Crippen LogP contribution is -2.20. The summed E-state index contributed by atoms with van der Waals surface area (Å²) in [6.07, 6.45) is 0. The Morgan fingerprint density at radius 3 is 2.30 bits per heavy atom. The molecule has 0 heterocycles. The van der Waals surface area contributed by atoms with E-state index in [2.05, 4.69) is 10.0 Å². The lowest BCUT2D eigenvalue weighted by molar-refractivity contribution is 0.102. The molecule has 2 N–H and O–H groups in total. The fourth-order valence-electron chi connectivity index (χ4n) is 2.61. The zero-order valence-corrected chi connectivity index (χ0v) is 16.0. The summed E-state index contributed by atoms with van der Waals surface area (Å²) >= 11 is 6.13. The molecule has 0 aliphatic heterocycles. The van der Waals surface area contributed by atoms with Crippen LogP contribution in [0.4, 0.5) is 5.69 Å². The number of anilines is 1. The third-order valence-electron chi connectivity index (χ3n) is 4.02. The Bertz CT molecular complexity index is 1080. The minimum Gasteiger partial charge on any atom is -0.321 e. The molecular formula is C20H17ClN2O3S. The molecule has 138 valence electrons. The molecule has 0 spiro atoms. The summed E-state index contributed by atoms with van der Waals surface area (Å²) in [5, 5.41) is 2.99. The summed E-state index contributed by atoms with van der Waals surface area (Å²) in [7, 11) is -2.38. The average molecular weight is 401 g/mol. The van der Waals surface area contributed by atoms with Gasteiger partial charge < -0.3 is 5.32 Å². The first kappa shape index (κ1) is 19.1. The smallest absolute Gasteiger partial charge is 0.257 e. The van der Waals surface area contributed by atoms with E-state index in [1.165, 1.54) is 25.2 Å². The van der Waals surface area contributed by atoms with Crippen molar-refractivity contribution in [2.24, 2.45) is 0 Å². The summed E-state index contributed by atoms with van der Waals surface area (Å²) in [5.74, 6) is -0.489. The largest absolute Gasteiger partial charge is 0.321 e. The molecule has 0 fully saturated rings. The third kappa shape index (κ3) is 4.19. The van der Waals surface area contributed by atoms with E-state index in [0.29, 0.717) is 5.69 Å². The lowest BCUT2D eigenvalue weighted by atomic mass is 10.0. The van der Waals surface area contributed by atoms with Crippen LogP contribution in [0.2, 0.25) is 5.02 Å². The van der Waals surface area contributed by atoms with E-state index in [-0.39, 0.29) is 15.5 Å². The highest BCUT2D eigenvalue weighted by Gasteiger charge is 2.18. The first-order valence-corrected chi connectivity index (χ1v) is 9.97. The van der Waals surface area contributed by atoms with Gasteiger partial charge in [0.1, 0.15) is 0 Å². The highest BCUT2D eigenvalue weighted by atomic mass is 35.5. The molecule has 0 saturated heterocycles. The van der Waals surface area contributed by atoms with E-state index >= 15 is 0 Å². The van der Waals surface area contributed by atoms with Crippen LogP contribution in [0.5, 0.6) is 0 Å². The molecule has 0 atom stereocenters. The van der Waals surface area contributed by atoms with Gasteiger partial charge in [-0.15, -0.1) is 0 Å². The second-order valence-electron chi connectivity index (χ2n) is 5.71. The number of carbonyl (C=O) groups excluding carboxylic acids is 1. The van der Waals surface area contributed by atoms with Crippen molar-refractivity contribution in [3.05, 3.63) is 83.4 Å². The number of halogens is 1. The number of nitrogens with one attached hydrogen (secondary N) is 2. The molecule has 7 heteroatoms. The lowest BCUT2D eigenvalue weighted by Gasteiger charge is -2.13.